The highest BCUT2D eigenvalue weighted by Gasteiger charge is 2.40. The first-order valence-corrected chi connectivity index (χ1v) is 8.65. The molecule has 23 heavy (non-hydrogen) atoms. The number of carbonyl (C=O) groups is 1. The van der Waals surface area contributed by atoms with Gasteiger partial charge in [-0.1, -0.05) is 12.1 Å². The van der Waals surface area contributed by atoms with E-state index in [0.717, 1.165) is 4.31 Å². The Balaban J connectivity index is 2.54. The Kier molecular flexibility index (Phi) is 4.71. The minimum absolute atomic E-state index is 0.0513. The second kappa shape index (κ2) is 6.25. The van der Waals surface area contributed by atoms with Gasteiger partial charge in [-0.05, 0) is 32.3 Å². The molecule has 1 saturated heterocycles. The third-order valence-corrected chi connectivity index (χ3v) is 6.36. The van der Waals surface area contributed by atoms with E-state index in [2.05, 4.69) is 0 Å². The van der Waals surface area contributed by atoms with Crippen molar-refractivity contribution >= 4 is 21.6 Å². The summed E-state index contributed by atoms with van der Waals surface area (Å²) in [5.41, 5.74) is 5.14. The van der Waals surface area contributed by atoms with Crippen LogP contribution in [-0.4, -0.2) is 36.1 Å². The van der Waals surface area contributed by atoms with Crippen molar-refractivity contribution in [1.29, 1.82) is 0 Å². The first-order valence-electron chi connectivity index (χ1n) is 7.21. The minimum atomic E-state index is -4.10. The molecule has 2 unspecified atom stereocenters. The number of nitro benzene ring substituents is 1. The standard InChI is InChI=1S/C14H19N3O5S/c1-9-4-3-5-12(17(19)20)13(9)23(21,22)16-8-11(14(15)18)7-6-10(16)2/h3-5,10-11H,6-8H2,1-2H3,(H2,15,18). The molecule has 1 aromatic rings. The Morgan fingerprint density at radius 1 is 1.39 bits per heavy atom. The Morgan fingerprint density at radius 3 is 2.61 bits per heavy atom. The van der Waals surface area contributed by atoms with Crippen LogP contribution in [0.25, 0.3) is 0 Å². The van der Waals surface area contributed by atoms with Crippen molar-refractivity contribution in [3.05, 3.63) is 33.9 Å². The normalized spacial score (nSPS) is 22.7. The number of primary amides is 1. The number of rotatable bonds is 4. The molecule has 9 heteroatoms. The van der Waals surface area contributed by atoms with Crippen LogP contribution in [0.3, 0.4) is 0 Å². The van der Waals surface area contributed by atoms with Crippen molar-refractivity contribution < 1.29 is 18.1 Å². The molecular weight excluding hydrogens is 322 g/mol. The third kappa shape index (κ3) is 3.20. The summed E-state index contributed by atoms with van der Waals surface area (Å²) in [5.74, 6) is -1.14. The fraction of sp³-hybridized carbons (Fsp3) is 0.500. The number of carbonyl (C=O) groups excluding carboxylic acids is 1. The number of nitro groups is 1. The first-order chi connectivity index (χ1) is 10.7. The van der Waals surface area contributed by atoms with E-state index in [1.807, 2.05) is 0 Å². The molecule has 2 rings (SSSR count). The van der Waals surface area contributed by atoms with Gasteiger partial charge < -0.3 is 5.73 Å². The van der Waals surface area contributed by atoms with Crippen LogP contribution in [-0.2, 0) is 14.8 Å². The van der Waals surface area contributed by atoms with Gasteiger partial charge in [0.05, 0.1) is 10.8 Å². The van der Waals surface area contributed by atoms with Crippen LogP contribution in [0.1, 0.15) is 25.3 Å². The Labute approximate surface area is 134 Å². The number of nitrogens with two attached hydrogens (primary N) is 1. The second-order valence-corrected chi connectivity index (χ2v) is 7.61. The zero-order valence-corrected chi connectivity index (χ0v) is 13.7. The Morgan fingerprint density at radius 2 is 2.04 bits per heavy atom. The van der Waals surface area contributed by atoms with E-state index in [4.69, 9.17) is 5.73 Å². The largest absolute Gasteiger partial charge is 0.369 e. The molecule has 1 fully saturated rings. The van der Waals surface area contributed by atoms with Crippen LogP contribution in [0.4, 0.5) is 5.69 Å². The lowest BCUT2D eigenvalue weighted by atomic mass is 9.95. The lowest BCUT2D eigenvalue weighted by molar-refractivity contribution is -0.387. The van der Waals surface area contributed by atoms with Gasteiger partial charge in [-0.15, -0.1) is 0 Å². The predicted octanol–water partition coefficient (Wildman–Crippen LogP) is 1.18. The molecule has 126 valence electrons. The van der Waals surface area contributed by atoms with Gasteiger partial charge in [0, 0.05) is 18.7 Å². The molecule has 0 spiro atoms. The van der Waals surface area contributed by atoms with E-state index in [-0.39, 0.29) is 17.5 Å². The van der Waals surface area contributed by atoms with Crippen LogP contribution in [0.5, 0.6) is 0 Å². The molecule has 2 atom stereocenters. The molecule has 8 nitrogen and oxygen atoms in total. The molecule has 1 amide bonds. The molecule has 1 aromatic carbocycles. The number of amides is 1. The van der Waals surface area contributed by atoms with Crippen molar-refractivity contribution in [2.45, 2.75) is 37.6 Å². The Bertz CT molecular complexity index is 747. The number of hydrogen-bond donors (Lipinski definition) is 1. The van der Waals surface area contributed by atoms with Crippen molar-refractivity contribution in [1.82, 2.24) is 4.31 Å². The van der Waals surface area contributed by atoms with Crippen molar-refractivity contribution in [2.75, 3.05) is 6.54 Å². The summed E-state index contributed by atoms with van der Waals surface area (Å²) >= 11 is 0. The van der Waals surface area contributed by atoms with Gasteiger partial charge in [0.25, 0.3) is 5.69 Å². The maximum atomic E-state index is 13.0. The van der Waals surface area contributed by atoms with E-state index in [1.54, 1.807) is 6.92 Å². The van der Waals surface area contributed by atoms with Gasteiger partial charge >= 0.3 is 0 Å². The highest BCUT2D eigenvalue weighted by molar-refractivity contribution is 7.89. The number of benzene rings is 1. The molecule has 1 aliphatic rings. The van der Waals surface area contributed by atoms with Gasteiger partial charge in [0.15, 0.2) is 4.90 Å². The van der Waals surface area contributed by atoms with Gasteiger partial charge in [-0.3, -0.25) is 14.9 Å². The van der Waals surface area contributed by atoms with Crippen LogP contribution in [0.2, 0.25) is 0 Å². The quantitative estimate of drug-likeness (QED) is 0.650. The summed E-state index contributed by atoms with van der Waals surface area (Å²) in [6.07, 6.45) is 0.991. The lowest BCUT2D eigenvalue weighted by Crippen LogP contribution is -2.48. The molecule has 0 aromatic heterocycles. The monoisotopic (exact) mass is 341 g/mol. The fourth-order valence-corrected chi connectivity index (χ4v) is 4.95. The smallest absolute Gasteiger partial charge is 0.289 e. The van der Waals surface area contributed by atoms with Crippen LogP contribution in [0, 0.1) is 23.0 Å². The molecule has 2 N–H and O–H groups in total. The van der Waals surface area contributed by atoms with Gasteiger partial charge in [-0.2, -0.15) is 4.31 Å². The number of aryl methyl sites for hydroxylation is 1. The number of piperidine rings is 1. The molecular formula is C14H19N3O5S. The van der Waals surface area contributed by atoms with E-state index < -0.39 is 32.5 Å². The summed E-state index contributed by atoms with van der Waals surface area (Å²) in [6.45, 7) is 3.18. The van der Waals surface area contributed by atoms with Crippen LogP contribution >= 0.6 is 0 Å². The first kappa shape index (κ1) is 17.4. The summed E-state index contributed by atoms with van der Waals surface area (Å²) in [4.78, 5) is 21.6. The zero-order valence-electron chi connectivity index (χ0n) is 12.9. The molecule has 0 aliphatic carbocycles. The summed E-state index contributed by atoms with van der Waals surface area (Å²) in [5, 5.41) is 11.2. The highest BCUT2D eigenvalue weighted by Crippen LogP contribution is 2.34. The number of nitrogens with zero attached hydrogens (tertiary/aromatic N) is 2. The third-order valence-electron chi connectivity index (χ3n) is 4.18. The lowest BCUT2D eigenvalue weighted by Gasteiger charge is -2.35. The minimum Gasteiger partial charge on any atom is -0.369 e. The molecule has 0 radical (unpaired) electrons. The Hall–Kier alpha value is -2.00. The van der Waals surface area contributed by atoms with Gasteiger partial charge in [0.2, 0.25) is 15.9 Å². The average molecular weight is 341 g/mol. The van der Waals surface area contributed by atoms with Crippen molar-refractivity contribution in [3.8, 4) is 0 Å². The van der Waals surface area contributed by atoms with E-state index in [1.165, 1.54) is 25.1 Å². The molecule has 1 aliphatic heterocycles. The average Bonchev–Trinajstić information content (AvgIpc) is 2.46. The van der Waals surface area contributed by atoms with E-state index in [0.29, 0.717) is 18.4 Å². The maximum absolute atomic E-state index is 13.0. The van der Waals surface area contributed by atoms with Crippen molar-refractivity contribution in [3.63, 3.8) is 0 Å². The van der Waals surface area contributed by atoms with Gasteiger partial charge in [-0.25, -0.2) is 8.42 Å². The van der Waals surface area contributed by atoms with Crippen LogP contribution in [0.15, 0.2) is 23.1 Å². The maximum Gasteiger partial charge on any atom is 0.289 e. The number of sulfonamides is 1. The molecule has 0 bridgehead atoms. The predicted molar refractivity (Wildman–Crippen MR) is 83.1 cm³/mol. The summed E-state index contributed by atoms with van der Waals surface area (Å²) < 4.78 is 27.1. The molecule has 0 saturated carbocycles. The fourth-order valence-electron chi connectivity index (χ4n) is 2.88. The second-order valence-electron chi connectivity index (χ2n) is 5.78. The number of hydrogen-bond acceptors (Lipinski definition) is 5. The van der Waals surface area contributed by atoms with E-state index >= 15 is 0 Å². The van der Waals surface area contributed by atoms with Crippen LogP contribution < -0.4 is 5.73 Å². The van der Waals surface area contributed by atoms with Crippen molar-refractivity contribution in [2.24, 2.45) is 11.7 Å². The summed E-state index contributed by atoms with van der Waals surface area (Å²) in [7, 11) is -4.10. The highest BCUT2D eigenvalue weighted by atomic mass is 32.2. The van der Waals surface area contributed by atoms with Gasteiger partial charge in [0.1, 0.15) is 0 Å². The zero-order chi connectivity index (χ0) is 17.4. The SMILES string of the molecule is Cc1cccc([N+](=O)[O-])c1S(=O)(=O)N1CC(C(N)=O)CCC1C. The summed E-state index contributed by atoms with van der Waals surface area (Å²) in [6, 6.07) is 3.77. The molecule has 1 heterocycles. The topological polar surface area (TPSA) is 124 Å². The van der Waals surface area contributed by atoms with E-state index in [9.17, 15) is 23.3 Å².